The van der Waals surface area contributed by atoms with Crippen LogP contribution in [0.15, 0.2) is 48.8 Å². The maximum absolute atomic E-state index is 12.6. The second-order valence-electron chi connectivity index (χ2n) is 5.34. The lowest BCUT2D eigenvalue weighted by molar-refractivity contribution is -0.0534. The van der Waals surface area contributed by atoms with Crippen LogP contribution in [0.3, 0.4) is 0 Å². The Hall–Kier alpha value is -3.16. The van der Waals surface area contributed by atoms with Gasteiger partial charge in [-0.1, -0.05) is 30.3 Å². The van der Waals surface area contributed by atoms with Crippen LogP contribution in [0.25, 0.3) is 5.95 Å². The van der Waals surface area contributed by atoms with E-state index >= 15 is 0 Å². The summed E-state index contributed by atoms with van der Waals surface area (Å²) in [4.78, 5) is 8.27. The van der Waals surface area contributed by atoms with Crippen LogP contribution in [0.2, 0.25) is 0 Å². The predicted octanol–water partition coefficient (Wildman–Crippen LogP) is 3.48. The van der Waals surface area contributed by atoms with Crippen LogP contribution >= 0.6 is 0 Å². The van der Waals surface area contributed by atoms with Crippen molar-refractivity contribution in [3.63, 3.8) is 0 Å². The first-order valence-corrected chi connectivity index (χ1v) is 7.76. The number of ether oxygens (including phenoxy) is 3. The molecule has 136 valence electrons. The quantitative estimate of drug-likeness (QED) is 0.645. The Kier molecular flexibility index (Phi) is 5.31. The summed E-state index contributed by atoms with van der Waals surface area (Å²) in [6, 6.07) is 11.9. The van der Waals surface area contributed by atoms with E-state index in [0.717, 1.165) is 12.0 Å². The molecule has 0 N–H and O–H groups in total. The number of aromatic nitrogens is 3. The van der Waals surface area contributed by atoms with Crippen LogP contribution in [0.4, 0.5) is 8.78 Å². The summed E-state index contributed by atoms with van der Waals surface area (Å²) >= 11 is 0. The van der Waals surface area contributed by atoms with Gasteiger partial charge in [0.25, 0.3) is 11.8 Å². The molecule has 0 unspecified atom stereocenters. The van der Waals surface area contributed by atoms with Gasteiger partial charge in [-0.25, -0.2) is 0 Å². The second-order valence-corrected chi connectivity index (χ2v) is 5.34. The number of hydrogen-bond donors (Lipinski definition) is 0. The number of benzene rings is 1. The summed E-state index contributed by atoms with van der Waals surface area (Å²) in [5, 5.41) is 0. The van der Waals surface area contributed by atoms with Crippen molar-refractivity contribution in [3.05, 3.63) is 59.9 Å². The van der Waals surface area contributed by atoms with Crippen molar-refractivity contribution in [2.75, 3.05) is 14.2 Å². The molecular weight excluding hydrogens is 344 g/mol. The monoisotopic (exact) mass is 361 g/mol. The molecule has 0 aliphatic carbocycles. The third kappa shape index (κ3) is 3.90. The molecule has 0 aliphatic rings. The lowest BCUT2D eigenvalue weighted by Crippen LogP contribution is -2.10. The van der Waals surface area contributed by atoms with E-state index in [0.29, 0.717) is 0 Å². The van der Waals surface area contributed by atoms with Gasteiger partial charge in [-0.15, -0.1) is 0 Å². The van der Waals surface area contributed by atoms with Crippen LogP contribution in [0.5, 0.6) is 17.5 Å². The number of nitrogens with zero attached hydrogens (tertiary/aromatic N) is 3. The predicted molar refractivity (Wildman–Crippen MR) is 90.3 cm³/mol. The molecule has 6 nitrogen and oxygen atoms in total. The van der Waals surface area contributed by atoms with Crippen LogP contribution < -0.4 is 14.2 Å². The van der Waals surface area contributed by atoms with Gasteiger partial charge in [0.1, 0.15) is 0 Å². The summed E-state index contributed by atoms with van der Waals surface area (Å²) in [7, 11) is 2.61. The third-order valence-corrected chi connectivity index (χ3v) is 3.62. The molecule has 0 atom stereocenters. The molecule has 3 rings (SSSR count). The van der Waals surface area contributed by atoms with Crippen molar-refractivity contribution in [3.8, 4) is 23.5 Å². The largest absolute Gasteiger partial charge is 0.478 e. The van der Waals surface area contributed by atoms with Gasteiger partial charge in [-0.3, -0.25) is 4.57 Å². The van der Waals surface area contributed by atoms with E-state index in [4.69, 9.17) is 9.47 Å². The minimum Gasteiger partial charge on any atom is -0.478 e. The summed E-state index contributed by atoms with van der Waals surface area (Å²) in [5.41, 5.74) is 2.22. The van der Waals surface area contributed by atoms with Gasteiger partial charge in [0.2, 0.25) is 11.7 Å². The fraction of sp³-hybridized carbons (Fsp3) is 0.222. The number of halogens is 2. The first-order valence-electron chi connectivity index (χ1n) is 7.76. The van der Waals surface area contributed by atoms with E-state index in [1.54, 1.807) is 10.8 Å². The van der Waals surface area contributed by atoms with Gasteiger partial charge < -0.3 is 14.2 Å². The second kappa shape index (κ2) is 7.81. The van der Waals surface area contributed by atoms with Gasteiger partial charge in [-0.05, 0) is 23.6 Å². The molecule has 0 amide bonds. The average molecular weight is 361 g/mol. The molecule has 26 heavy (non-hydrogen) atoms. The summed E-state index contributed by atoms with van der Waals surface area (Å²) in [6.07, 6.45) is 4.38. The highest BCUT2D eigenvalue weighted by Gasteiger charge is 2.21. The highest BCUT2D eigenvalue weighted by molar-refractivity contribution is 5.45. The van der Waals surface area contributed by atoms with Gasteiger partial charge >= 0.3 is 6.61 Å². The molecule has 2 heterocycles. The van der Waals surface area contributed by atoms with Crippen molar-refractivity contribution in [2.45, 2.75) is 13.0 Å². The molecule has 0 fully saturated rings. The topological polar surface area (TPSA) is 58.4 Å². The Labute approximate surface area is 149 Å². The van der Waals surface area contributed by atoms with E-state index in [1.807, 2.05) is 42.6 Å². The van der Waals surface area contributed by atoms with Crippen LogP contribution in [0, 0.1) is 0 Å². The highest BCUT2D eigenvalue weighted by atomic mass is 19.3. The van der Waals surface area contributed by atoms with Gasteiger partial charge in [0.05, 0.1) is 14.2 Å². The summed E-state index contributed by atoms with van der Waals surface area (Å²) in [5.74, 6) is -0.388. The molecule has 3 aromatic rings. The molecule has 0 radical (unpaired) electrons. The lowest BCUT2D eigenvalue weighted by Gasteiger charge is -2.13. The Morgan fingerprint density at radius 1 is 0.962 bits per heavy atom. The van der Waals surface area contributed by atoms with Gasteiger partial charge in [0.15, 0.2) is 0 Å². The fourth-order valence-corrected chi connectivity index (χ4v) is 2.48. The van der Waals surface area contributed by atoms with Gasteiger partial charge in [0, 0.05) is 12.4 Å². The zero-order valence-corrected chi connectivity index (χ0v) is 14.2. The lowest BCUT2D eigenvalue weighted by atomic mass is 10.1. The summed E-state index contributed by atoms with van der Waals surface area (Å²) < 4.78 is 41.4. The van der Waals surface area contributed by atoms with Crippen molar-refractivity contribution in [2.24, 2.45) is 0 Å². The highest BCUT2D eigenvalue weighted by Crippen LogP contribution is 2.35. The number of alkyl halides is 2. The SMILES string of the molecule is COc1nc(-n2ccc(Cc3ccccc3)c2)nc(OC)c1OC(F)F. The molecular formula is C18H17F2N3O3. The maximum Gasteiger partial charge on any atom is 0.387 e. The van der Waals surface area contributed by atoms with Crippen LogP contribution in [0.1, 0.15) is 11.1 Å². The summed E-state index contributed by atoms with van der Waals surface area (Å²) in [6.45, 7) is -3.05. The van der Waals surface area contributed by atoms with Crippen molar-refractivity contribution >= 4 is 0 Å². The zero-order chi connectivity index (χ0) is 18.5. The first kappa shape index (κ1) is 17.7. The molecule has 0 saturated heterocycles. The molecule has 0 spiro atoms. The van der Waals surface area contributed by atoms with E-state index < -0.39 is 6.61 Å². The van der Waals surface area contributed by atoms with Crippen molar-refractivity contribution in [1.29, 1.82) is 0 Å². The van der Waals surface area contributed by atoms with Crippen LogP contribution in [-0.4, -0.2) is 35.4 Å². The smallest absolute Gasteiger partial charge is 0.387 e. The van der Waals surface area contributed by atoms with Crippen LogP contribution in [-0.2, 0) is 6.42 Å². The van der Waals surface area contributed by atoms with E-state index in [-0.39, 0.29) is 23.5 Å². The standard InChI is InChI=1S/C18H17F2N3O3/c1-24-15-14(26-17(19)20)16(25-2)22-18(21-15)23-9-8-13(11-23)10-12-6-4-3-5-7-12/h3-9,11,17H,10H2,1-2H3. The Morgan fingerprint density at radius 2 is 1.62 bits per heavy atom. The fourth-order valence-electron chi connectivity index (χ4n) is 2.48. The number of rotatable bonds is 7. The minimum absolute atomic E-state index is 0.134. The molecule has 0 aliphatic heterocycles. The molecule has 8 heteroatoms. The molecule has 1 aromatic carbocycles. The zero-order valence-electron chi connectivity index (χ0n) is 14.2. The minimum atomic E-state index is -3.05. The van der Waals surface area contributed by atoms with Crippen molar-refractivity contribution < 1.29 is 23.0 Å². The van der Waals surface area contributed by atoms with E-state index in [1.165, 1.54) is 19.8 Å². The Bertz CT molecular complexity index is 844. The van der Waals surface area contributed by atoms with Crippen molar-refractivity contribution in [1.82, 2.24) is 14.5 Å². The number of hydrogen-bond acceptors (Lipinski definition) is 5. The average Bonchev–Trinajstić information content (AvgIpc) is 3.10. The van der Waals surface area contributed by atoms with Gasteiger partial charge in [-0.2, -0.15) is 18.7 Å². The maximum atomic E-state index is 12.6. The molecule has 2 aromatic heterocycles. The Morgan fingerprint density at radius 3 is 2.19 bits per heavy atom. The van der Waals surface area contributed by atoms with E-state index in [9.17, 15) is 8.78 Å². The third-order valence-electron chi connectivity index (χ3n) is 3.62. The molecule has 0 saturated carbocycles. The Balaban J connectivity index is 1.92. The number of methoxy groups -OCH3 is 2. The molecule has 0 bridgehead atoms. The van der Waals surface area contributed by atoms with E-state index in [2.05, 4.69) is 14.7 Å². The normalized spacial score (nSPS) is 10.8. The first-order chi connectivity index (χ1) is 12.6.